The minimum absolute atomic E-state index is 0.454. The maximum atomic E-state index is 5.37. The number of nitrogens with zero attached hydrogens (tertiary/aromatic N) is 2. The molecule has 0 radical (unpaired) electrons. The van der Waals surface area contributed by atoms with Crippen molar-refractivity contribution in [2.75, 3.05) is 42.8 Å². The zero-order valence-electron chi connectivity index (χ0n) is 13.4. The first-order chi connectivity index (χ1) is 10.3. The minimum atomic E-state index is 0.454. The van der Waals surface area contributed by atoms with Gasteiger partial charge in [-0.15, -0.1) is 0 Å². The SMILES string of the molecule is CCOCc1nc(NC)cc(NCCCCCCSC)n1. The first-order valence-electron chi connectivity index (χ1n) is 7.66. The molecule has 0 aliphatic heterocycles. The standard InChI is InChI=1S/C15H28N4OS/c1-4-20-12-15-18-13(16-2)11-14(19-15)17-9-7-5-6-8-10-21-3/h11H,4-10,12H2,1-3H3,(H2,16,17,18,19). The maximum Gasteiger partial charge on any atom is 0.158 e. The van der Waals surface area contributed by atoms with E-state index in [0.717, 1.165) is 18.2 Å². The molecule has 120 valence electrons. The van der Waals surface area contributed by atoms with Crippen molar-refractivity contribution in [1.82, 2.24) is 9.97 Å². The molecule has 6 heteroatoms. The van der Waals surface area contributed by atoms with E-state index in [1.54, 1.807) is 0 Å². The Labute approximate surface area is 132 Å². The summed E-state index contributed by atoms with van der Waals surface area (Å²) in [5.41, 5.74) is 0. The maximum absolute atomic E-state index is 5.37. The van der Waals surface area contributed by atoms with Gasteiger partial charge in [-0.2, -0.15) is 11.8 Å². The van der Waals surface area contributed by atoms with Crippen LogP contribution in [0.25, 0.3) is 0 Å². The fourth-order valence-electron chi connectivity index (χ4n) is 1.92. The molecule has 0 amide bonds. The van der Waals surface area contributed by atoms with Crippen LogP contribution in [-0.4, -0.2) is 42.2 Å². The Balaban J connectivity index is 2.35. The Morgan fingerprint density at radius 1 is 1.14 bits per heavy atom. The van der Waals surface area contributed by atoms with Crippen molar-refractivity contribution in [2.24, 2.45) is 0 Å². The first-order valence-corrected chi connectivity index (χ1v) is 9.05. The fourth-order valence-corrected chi connectivity index (χ4v) is 2.41. The molecule has 1 aromatic rings. The summed E-state index contributed by atoms with van der Waals surface area (Å²) in [6.07, 6.45) is 7.23. The summed E-state index contributed by atoms with van der Waals surface area (Å²) >= 11 is 1.92. The molecule has 0 aliphatic rings. The smallest absolute Gasteiger partial charge is 0.158 e. The monoisotopic (exact) mass is 312 g/mol. The largest absolute Gasteiger partial charge is 0.374 e. The predicted molar refractivity (Wildman–Crippen MR) is 92.2 cm³/mol. The number of hydrogen-bond acceptors (Lipinski definition) is 6. The lowest BCUT2D eigenvalue weighted by molar-refractivity contribution is 0.128. The highest BCUT2D eigenvalue weighted by Crippen LogP contribution is 2.12. The summed E-state index contributed by atoms with van der Waals surface area (Å²) in [5.74, 6) is 3.67. The first kappa shape index (κ1) is 18.0. The number of nitrogens with one attached hydrogen (secondary N) is 2. The van der Waals surface area contributed by atoms with Crippen molar-refractivity contribution in [3.8, 4) is 0 Å². The van der Waals surface area contributed by atoms with Gasteiger partial charge in [0.15, 0.2) is 5.82 Å². The van der Waals surface area contributed by atoms with Crippen LogP contribution < -0.4 is 10.6 Å². The number of rotatable bonds is 12. The minimum Gasteiger partial charge on any atom is -0.374 e. The highest BCUT2D eigenvalue weighted by Gasteiger charge is 2.03. The van der Waals surface area contributed by atoms with E-state index in [1.165, 1.54) is 31.4 Å². The van der Waals surface area contributed by atoms with Gasteiger partial charge in [0.2, 0.25) is 0 Å². The molecule has 21 heavy (non-hydrogen) atoms. The third-order valence-corrected chi connectivity index (χ3v) is 3.74. The highest BCUT2D eigenvalue weighted by atomic mass is 32.2. The van der Waals surface area contributed by atoms with Gasteiger partial charge in [-0.25, -0.2) is 9.97 Å². The van der Waals surface area contributed by atoms with Crippen molar-refractivity contribution in [2.45, 2.75) is 39.2 Å². The predicted octanol–water partition coefficient (Wildman–Crippen LogP) is 3.39. The number of hydrogen-bond donors (Lipinski definition) is 2. The molecule has 5 nitrogen and oxygen atoms in total. The van der Waals surface area contributed by atoms with E-state index in [1.807, 2.05) is 31.8 Å². The lowest BCUT2D eigenvalue weighted by Crippen LogP contribution is -2.08. The number of aromatic nitrogens is 2. The van der Waals surface area contributed by atoms with Gasteiger partial charge in [-0.3, -0.25) is 0 Å². The highest BCUT2D eigenvalue weighted by molar-refractivity contribution is 7.98. The van der Waals surface area contributed by atoms with Crippen LogP contribution in [0.2, 0.25) is 0 Å². The average molecular weight is 312 g/mol. The summed E-state index contributed by atoms with van der Waals surface area (Å²) in [7, 11) is 1.86. The summed E-state index contributed by atoms with van der Waals surface area (Å²) in [6, 6.07) is 1.93. The Morgan fingerprint density at radius 2 is 1.90 bits per heavy atom. The van der Waals surface area contributed by atoms with Crippen molar-refractivity contribution < 1.29 is 4.74 Å². The summed E-state index contributed by atoms with van der Waals surface area (Å²) in [4.78, 5) is 8.85. The molecule has 0 aromatic carbocycles. The van der Waals surface area contributed by atoms with E-state index in [4.69, 9.17) is 4.74 Å². The summed E-state index contributed by atoms with van der Waals surface area (Å²) in [5, 5.41) is 6.44. The summed E-state index contributed by atoms with van der Waals surface area (Å²) < 4.78 is 5.37. The van der Waals surface area contributed by atoms with Crippen LogP contribution in [0.15, 0.2) is 6.07 Å². The van der Waals surface area contributed by atoms with Gasteiger partial charge in [0.1, 0.15) is 18.2 Å². The third kappa shape index (κ3) is 8.12. The number of thioether (sulfide) groups is 1. The van der Waals surface area contributed by atoms with E-state index in [2.05, 4.69) is 26.9 Å². The lowest BCUT2D eigenvalue weighted by atomic mass is 10.2. The molecule has 0 fully saturated rings. The van der Waals surface area contributed by atoms with Crippen LogP contribution >= 0.6 is 11.8 Å². The molecular formula is C15H28N4OS. The molecule has 0 aliphatic carbocycles. The zero-order valence-corrected chi connectivity index (χ0v) is 14.3. The van der Waals surface area contributed by atoms with Crippen LogP contribution in [0.5, 0.6) is 0 Å². The van der Waals surface area contributed by atoms with Crippen LogP contribution in [-0.2, 0) is 11.3 Å². The molecule has 0 spiro atoms. The molecule has 0 saturated carbocycles. The molecule has 0 atom stereocenters. The second kappa shape index (κ2) is 11.6. The summed E-state index contributed by atoms with van der Waals surface area (Å²) in [6.45, 7) is 4.05. The van der Waals surface area contributed by atoms with E-state index >= 15 is 0 Å². The fraction of sp³-hybridized carbons (Fsp3) is 0.733. The molecular weight excluding hydrogens is 284 g/mol. The van der Waals surface area contributed by atoms with E-state index in [0.29, 0.717) is 19.0 Å². The second-order valence-electron chi connectivity index (χ2n) is 4.78. The van der Waals surface area contributed by atoms with E-state index in [9.17, 15) is 0 Å². The Morgan fingerprint density at radius 3 is 2.62 bits per heavy atom. The van der Waals surface area contributed by atoms with Crippen molar-refractivity contribution in [1.29, 1.82) is 0 Å². The molecule has 2 N–H and O–H groups in total. The quantitative estimate of drug-likeness (QED) is 0.577. The normalized spacial score (nSPS) is 10.6. The van der Waals surface area contributed by atoms with Crippen LogP contribution in [0.3, 0.4) is 0 Å². The van der Waals surface area contributed by atoms with Crippen molar-refractivity contribution >= 4 is 23.4 Å². The molecule has 0 unspecified atom stereocenters. The van der Waals surface area contributed by atoms with Crippen molar-refractivity contribution in [3.05, 3.63) is 11.9 Å². The van der Waals surface area contributed by atoms with Crippen LogP contribution in [0.4, 0.5) is 11.6 Å². The van der Waals surface area contributed by atoms with Crippen LogP contribution in [0, 0.1) is 0 Å². The lowest BCUT2D eigenvalue weighted by Gasteiger charge is -2.10. The van der Waals surface area contributed by atoms with E-state index in [-0.39, 0.29) is 0 Å². The van der Waals surface area contributed by atoms with E-state index < -0.39 is 0 Å². The van der Waals surface area contributed by atoms with Gasteiger partial charge in [-0.1, -0.05) is 12.8 Å². The molecule has 0 saturated heterocycles. The molecule has 1 aromatic heterocycles. The third-order valence-electron chi connectivity index (χ3n) is 3.05. The molecule has 1 heterocycles. The average Bonchev–Trinajstić information content (AvgIpc) is 2.51. The van der Waals surface area contributed by atoms with Crippen LogP contribution in [0.1, 0.15) is 38.4 Å². The Kier molecular flexibility index (Phi) is 9.99. The Bertz CT molecular complexity index is 390. The second-order valence-corrected chi connectivity index (χ2v) is 5.76. The zero-order chi connectivity index (χ0) is 15.3. The molecule has 1 rings (SSSR count). The number of ether oxygens (including phenoxy) is 1. The van der Waals surface area contributed by atoms with Gasteiger partial charge in [0.25, 0.3) is 0 Å². The van der Waals surface area contributed by atoms with Crippen molar-refractivity contribution in [3.63, 3.8) is 0 Å². The topological polar surface area (TPSA) is 59.1 Å². The number of unbranched alkanes of at least 4 members (excludes halogenated alkanes) is 3. The Hall–Kier alpha value is -1.01. The molecule has 0 bridgehead atoms. The number of anilines is 2. The van der Waals surface area contributed by atoms with Gasteiger partial charge in [-0.05, 0) is 31.8 Å². The van der Waals surface area contributed by atoms with Gasteiger partial charge < -0.3 is 15.4 Å². The van der Waals surface area contributed by atoms with Gasteiger partial charge >= 0.3 is 0 Å². The van der Waals surface area contributed by atoms with Gasteiger partial charge in [0, 0.05) is 26.3 Å². The van der Waals surface area contributed by atoms with Gasteiger partial charge in [0.05, 0.1) is 0 Å².